The first-order valence-electron chi connectivity index (χ1n) is 8.87. The summed E-state index contributed by atoms with van der Waals surface area (Å²) in [5, 5.41) is 12.4. The number of H-pyrrole nitrogens is 1. The number of amides is 1. The highest BCUT2D eigenvalue weighted by Gasteiger charge is 2.19. The van der Waals surface area contributed by atoms with Crippen molar-refractivity contribution >= 4 is 23.2 Å². The topological polar surface area (TPSA) is 112 Å². The number of ketones is 2. The number of nitrogens with one attached hydrogen (secondary N) is 2. The van der Waals surface area contributed by atoms with Crippen molar-refractivity contribution in [2.24, 2.45) is 0 Å². The molecular formula is C21H18FN3O4. The summed E-state index contributed by atoms with van der Waals surface area (Å²) >= 11 is 0. The lowest BCUT2D eigenvalue weighted by Crippen LogP contribution is -2.16. The molecule has 29 heavy (non-hydrogen) atoms. The number of nitrogens with zero attached hydrogens (tertiary/aromatic N) is 1. The predicted octanol–water partition coefficient (Wildman–Crippen LogP) is 3.52. The summed E-state index contributed by atoms with van der Waals surface area (Å²) in [6.07, 6.45) is 1.53. The molecule has 0 unspecified atom stereocenters. The van der Waals surface area contributed by atoms with Crippen LogP contribution < -0.4 is 5.32 Å². The summed E-state index contributed by atoms with van der Waals surface area (Å²) in [7, 11) is 0. The van der Waals surface area contributed by atoms with E-state index in [0.717, 1.165) is 12.1 Å². The molecule has 0 saturated carbocycles. The molecule has 8 heteroatoms. The van der Waals surface area contributed by atoms with Gasteiger partial charge in [-0.05, 0) is 29.8 Å². The number of carbonyl (C=O) groups excluding carboxylic acids is 3. The van der Waals surface area contributed by atoms with Gasteiger partial charge in [0.25, 0.3) is 5.91 Å². The monoisotopic (exact) mass is 395 g/mol. The lowest BCUT2D eigenvalue weighted by Gasteiger charge is -2.07. The second-order valence-corrected chi connectivity index (χ2v) is 6.32. The number of halogens is 1. The Morgan fingerprint density at radius 3 is 2.48 bits per heavy atom. The van der Waals surface area contributed by atoms with Crippen LogP contribution in [0.25, 0.3) is 0 Å². The van der Waals surface area contributed by atoms with Crippen LogP contribution in [-0.2, 0) is 6.42 Å². The Balaban J connectivity index is 1.67. The van der Waals surface area contributed by atoms with Crippen LogP contribution in [-0.4, -0.2) is 32.5 Å². The van der Waals surface area contributed by atoms with Gasteiger partial charge in [0.2, 0.25) is 0 Å². The number of aromatic amines is 1. The number of aromatic nitrogens is 2. The fourth-order valence-corrected chi connectivity index (χ4v) is 2.77. The third kappa shape index (κ3) is 4.55. The van der Waals surface area contributed by atoms with Crippen LogP contribution in [0.5, 0.6) is 5.75 Å². The van der Waals surface area contributed by atoms with Gasteiger partial charge in [-0.3, -0.25) is 14.4 Å². The SMILES string of the molecule is CCC(=O)c1nc[nH]c1C(=O)Nc1ccc(CC(=O)c2ccc(F)cc2O)cc1. The molecule has 0 spiro atoms. The number of hydrogen-bond acceptors (Lipinski definition) is 5. The fourth-order valence-electron chi connectivity index (χ4n) is 2.77. The Labute approximate surface area is 165 Å². The normalized spacial score (nSPS) is 10.6. The van der Waals surface area contributed by atoms with Crippen molar-refractivity contribution in [2.75, 3.05) is 5.32 Å². The highest BCUT2D eigenvalue weighted by atomic mass is 19.1. The van der Waals surface area contributed by atoms with Crippen LogP contribution in [0.3, 0.4) is 0 Å². The number of aromatic hydroxyl groups is 1. The molecule has 3 N–H and O–H groups in total. The van der Waals surface area contributed by atoms with Crippen molar-refractivity contribution in [3.8, 4) is 5.75 Å². The first-order chi connectivity index (χ1) is 13.9. The molecule has 1 amide bonds. The van der Waals surface area contributed by atoms with Gasteiger partial charge >= 0.3 is 0 Å². The van der Waals surface area contributed by atoms with E-state index in [1.54, 1.807) is 31.2 Å². The number of carbonyl (C=O) groups is 3. The molecule has 0 aliphatic heterocycles. The minimum absolute atomic E-state index is 0.00309. The summed E-state index contributed by atoms with van der Waals surface area (Å²) in [5.74, 6) is -2.13. The van der Waals surface area contributed by atoms with Crippen LogP contribution in [0.15, 0.2) is 48.8 Å². The summed E-state index contributed by atoms with van der Waals surface area (Å²) in [5.41, 5.74) is 1.34. The first-order valence-corrected chi connectivity index (χ1v) is 8.87. The lowest BCUT2D eigenvalue weighted by atomic mass is 10.0. The number of benzene rings is 2. The zero-order chi connectivity index (χ0) is 21.0. The molecule has 2 aromatic carbocycles. The number of rotatable bonds is 7. The summed E-state index contributed by atoms with van der Waals surface area (Å²) in [4.78, 5) is 43.1. The molecule has 148 valence electrons. The molecule has 0 aliphatic carbocycles. The van der Waals surface area contributed by atoms with Crippen molar-refractivity contribution in [1.29, 1.82) is 0 Å². The largest absolute Gasteiger partial charge is 0.507 e. The van der Waals surface area contributed by atoms with Gasteiger partial charge in [-0.15, -0.1) is 0 Å². The number of phenols is 1. The maximum absolute atomic E-state index is 13.0. The maximum atomic E-state index is 13.0. The summed E-state index contributed by atoms with van der Waals surface area (Å²) in [6, 6.07) is 9.77. The second kappa shape index (κ2) is 8.47. The molecule has 0 atom stereocenters. The minimum Gasteiger partial charge on any atom is -0.507 e. The van der Waals surface area contributed by atoms with Crippen LogP contribution in [0.2, 0.25) is 0 Å². The van der Waals surface area contributed by atoms with Crippen molar-refractivity contribution < 1.29 is 23.9 Å². The molecule has 1 aromatic heterocycles. The number of Topliss-reactive ketones (excluding diaryl/α,β-unsaturated/α-hetero) is 2. The number of anilines is 1. The molecule has 0 bridgehead atoms. The van der Waals surface area contributed by atoms with E-state index in [2.05, 4.69) is 15.3 Å². The van der Waals surface area contributed by atoms with Gasteiger partial charge < -0.3 is 15.4 Å². The van der Waals surface area contributed by atoms with Gasteiger partial charge in [0, 0.05) is 24.6 Å². The van der Waals surface area contributed by atoms with Gasteiger partial charge in [-0.25, -0.2) is 9.37 Å². The van der Waals surface area contributed by atoms with Gasteiger partial charge in [0.15, 0.2) is 11.6 Å². The van der Waals surface area contributed by atoms with Crippen LogP contribution >= 0.6 is 0 Å². The molecule has 0 radical (unpaired) electrons. The molecule has 3 aromatic rings. The van der Waals surface area contributed by atoms with Crippen molar-refractivity contribution in [3.05, 3.63) is 77.1 Å². The minimum atomic E-state index is -0.625. The Hall–Kier alpha value is -3.81. The van der Waals surface area contributed by atoms with Crippen molar-refractivity contribution in [1.82, 2.24) is 9.97 Å². The van der Waals surface area contributed by atoms with E-state index in [1.165, 1.54) is 12.4 Å². The highest BCUT2D eigenvalue weighted by molar-refractivity contribution is 6.10. The third-order valence-corrected chi connectivity index (χ3v) is 4.29. The van der Waals surface area contributed by atoms with E-state index in [0.29, 0.717) is 11.3 Å². The average Bonchev–Trinajstić information content (AvgIpc) is 3.19. The van der Waals surface area contributed by atoms with Gasteiger partial charge in [0.1, 0.15) is 23.0 Å². The molecular weight excluding hydrogens is 377 g/mol. The van der Waals surface area contributed by atoms with Gasteiger partial charge in [-0.1, -0.05) is 19.1 Å². The van der Waals surface area contributed by atoms with E-state index < -0.39 is 17.5 Å². The fraction of sp³-hybridized carbons (Fsp3) is 0.143. The molecule has 0 saturated heterocycles. The predicted molar refractivity (Wildman–Crippen MR) is 104 cm³/mol. The summed E-state index contributed by atoms with van der Waals surface area (Å²) < 4.78 is 13.0. The van der Waals surface area contributed by atoms with Crippen LogP contribution in [0, 0.1) is 5.82 Å². The van der Waals surface area contributed by atoms with Crippen LogP contribution in [0.4, 0.5) is 10.1 Å². The van der Waals surface area contributed by atoms with Gasteiger partial charge in [0.05, 0.1) is 11.9 Å². The van der Waals surface area contributed by atoms with E-state index in [-0.39, 0.29) is 41.4 Å². The molecule has 1 heterocycles. The molecule has 3 rings (SSSR count). The van der Waals surface area contributed by atoms with E-state index in [9.17, 15) is 23.9 Å². The van der Waals surface area contributed by atoms with E-state index in [1.807, 2.05) is 0 Å². The summed E-state index contributed by atoms with van der Waals surface area (Å²) in [6.45, 7) is 1.68. The molecule has 7 nitrogen and oxygen atoms in total. The van der Waals surface area contributed by atoms with Crippen LogP contribution in [0.1, 0.15) is 50.2 Å². The van der Waals surface area contributed by atoms with Crippen molar-refractivity contribution in [2.45, 2.75) is 19.8 Å². The van der Waals surface area contributed by atoms with E-state index in [4.69, 9.17) is 0 Å². The Kier molecular flexibility index (Phi) is 5.82. The number of imidazole rings is 1. The number of phenolic OH excluding ortho intramolecular Hbond substituents is 1. The Bertz CT molecular complexity index is 1070. The second-order valence-electron chi connectivity index (χ2n) is 6.32. The third-order valence-electron chi connectivity index (χ3n) is 4.29. The van der Waals surface area contributed by atoms with E-state index >= 15 is 0 Å². The highest BCUT2D eigenvalue weighted by Crippen LogP contribution is 2.21. The quantitative estimate of drug-likeness (QED) is 0.530. The Morgan fingerprint density at radius 1 is 1.10 bits per heavy atom. The lowest BCUT2D eigenvalue weighted by molar-refractivity contribution is 0.0963. The van der Waals surface area contributed by atoms with Crippen molar-refractivity contribution in [3.63, 3.8) is 0 Å². The maximum Gasteiger partial charge on any atom is 0.274 e. The standard InChI is InChI=1S/C21H18FN3O4/c1-2-16(26)19-20(24-11-23-19)21(29)25-14-6-3-12(4-7-14)9-17(27)15-8-5-13(22)10-18(15)28/h3-8,10-11,28H,2,9H2,1H3,(H,23,24)(H,25,29). The zero-order valence-corrected chi connectivity index (χ0v) is 15.5. The smallest absolute Gasteiger partial charge is 0.274 e. The molecule has 0 fully saturated rings. The zero-order valence-electron chi connectivity index (χ0n) is 15.5. The average molecular weight is 395 g/mol. The Morgan fingerprint density at radius 2 is 1.83 bits per heavy atom. The van der Waals surface area contributed by atoms with Gasteiger partial charge in [-0.2, -0.15) is 0 Å². The number of hydrogen-bond donors (Lipinski definition) is 3. The first kappa shape index (κ1) is 19.9. The molecule has 0 aliphatic rings.